The molecule has 1 aromatic heterocycles. The van der Waals surface area contributed by atoms with Crippen molar-refractivity contribution in [2.24, 2.45) is 0 Å². The maximum atomic E-state index is 11.1. The van der Waals surface area contributed by atoms with Crippen LogP contribution in [-0.4, -0.2) is 59.7 Å². The lowest BCUT2D eigenvalue weighted by molar-refractivity contribution is -0.679. The van der Waals surface area contributed by atoms with E-state index < -0.39 is 21.8 Å². The second-order valence-corrected chi connectivity index (χ2v) is 14.9. The normalized spacial score (nSPS) is 23.1. The molecule has 3 unspecified atom stereocenters. The van der Waals surface area contributed by atoms with Gasteiger partial charge in [0.2, 0.25) is 0 Å². The number of hydrogen-bond acceptors (Lipinski definition) is 7. The van der Waals surface area contributed by atoms with Gasteiger partial charge in [0.25, 0.3) is 5.82 Å². The molecule has 3 atom stereocenters. The quantitative estimate of drug-likeness (QED) is 0.158. The third-order valence-corrected chi connectivity index (χ3v) is 11.2. The van der Waals surface area contributed by atoms with Gasteiger partial charge < -0.3 is 24.0 Å². The summed E-state index contributed by atoms with van der Waals surface area (Å²) in [5, 5.41) is 9.15. The minimum atomic E-state index is -4.27. The van der Waals surface area contributed by atoms with Crippen molar-refractivity contribution >= 4 is 38.4 Å². The van der Waals surface area contributed by atoms with Crippen LogP contribution < -0.4 is 14.2 Å². The molecule has 250 valence electrons. The summed E-state index contributed by atoms with van der Waals surface area (Å²) in [6.45, 7) is 7.15. The summed E-state index contributed by atoms with van der Waals surface area (Å²) in [4.78, 5) is 13.6. The molecule has 0 aliphatic carbocycles. The molecule has 0 fully saturated rings. The first-order valence-electron chi connectivity index (χ1n) is 16.9. The number of aromatic nitrogens is 2. The van der Waals surface area contributed by atoms with Crippen molar-refractivity contribution in [1.82, 2.24) is 4.57 Å². The summed E-state index contributed by atoms with van der Waals surface area (Å²) in [6.07, 6.45) is 8.09. The van der Waals surface area contributed by atoms with Gasteiger partial charge in [0.1, 0.15) is 5.75 Å². The number of para-hydroxylation sites is 1. The van der Waals surface area contributed by atoms with Crippen LogP contribution in [0.5, 0.6) is 5.75 Å². The van der Waals surface area contributed by atoms with Crippen molar-refractivity contribution in [3.05, 3.63) is 71.2 Å². The molecule has 0 radical (unpaired) electrons. The van der Waals surface area contributed by atoms with Crippen LogP contribution >= 0.6 is 0 Å². The van der Waals surface area contributed by atoms with Gasteiger partial charge in [-0.15, -0.1) is 0 Å². The van der Waals surface area contributed by atoms with Crippen LogP contribution in [0.4, 0.5) is 5.69 Å². The lowest BCUT2D eigenvalue weighted by atomic mass is 9.73. The standard InChI is InChI=1S/C36H43N3O7S/c1-3-37-30-22-24(45-20-9-21-47(42,43)44)13-14-29(30)39-19-16-32-26(35(37)39)23-25-31(46-32)15-18-38-28-11-7-6-10-27(28)36(2,34(25)38)17-8-4-5-12-33(40)41/h6-7,10-11,13-14,22-23,31-32H,3-5,8-9,12,15-21H2,1-2H3,(H-,40,41,42,43,44). The second-order valence-electron chi connectivity index (χ2n) is 13.4. The van der Waals surface area contributed by atoms with E-state index in [1.807, 2.05) is 12.1 Å². The maximum absolute atomic E-state index is 11.1. The highest BCUT2D eigenvalue weighted by Gasteiger charge is 2.50. The van der Waals surface area contributed by atoms with Crippen LogP contribution in [0.3, 0.4) is 0 Å². The topological polar surface area (TPSA) is 125 Å². The van der Waals surface area contributed by atoms with Crippen molar-refractivity contribution in [3.8, 4) is 5.75 Å². The van der Waals surface area contributed by atoms with Crippen LogP contribution in [0.2, 0.25) is 0 Å². The largest absolute Gasteiger partial charge is 0.748 e. The number of ether oxygens (including phenoxy) is 2. The molecule has 5 heterocycles. The summed E-state index contributed by atoms with van der Waals surface area (Å²) in [5.41, 5.74) is 8.32. The molecule has 10 nitrogen and oxygen atoms in total. The average molecular weight is 662 g/mol. The van der Waals surface area contributed by atoms with Gasteiger partial charge in [0, 0.05) is 53.6 Å². The molecule has 4 aliphatic rings. The summed E-state index contributed by atoms with van der Waals surface area (Å²) >= 11 is 0. The Balaban J connectivity index is 1.28. The Morgan fingerprint density at radius 2 is 1.96 bits per heavy atom. The number of carbonyl (C=O) groups is 1. The maximum Gasteiger partial charge on any atom is 0.303 e. The Morgan fingerprint density at radius 1 is 1.13 bits per heavy atom. The number of fused-ring (bicyclic) bond motifs is 9. The van der Waals surface area contributed by atoms with Gasteiger partial charge in [-0.25, -0.2) is 17.6 Å². The van der Waals surface area contributed by atoms with E-state index in [4.69, 9.17) is 14.6 Å². The zero-order valence-electron chi connectivity index (χ0n) is 27.1. The molecule has 7 rings (SSSR count). The van der Waals surface area contributed by atoms with Gasteiger partial charge in [-0.3, -0.25) is 4.79 Å². The number of unbranched alkanes of at least 4 members (excludes halogenated alkanes) is 2. The number of allylic oxidation sites excluding steroid dienone is 1. The number of aryl methyl sites for hydroxylation is 2. The van der Waals surface area contributed by atoms with E-state index >= 15 is 0 Å². The fourth-order valence-electron chi connectivity index (χ4n) is 8.38. The van der Waals surface area contributed by atoms with Crippen LogP contribution in [0, 0.1) is 0 Å². The van der Waals surface area contributed by atoms with Crippen molar-refractivity contribution in [2.75, 3.05) is 23.8 Å². The number of imidazole rings is 1. The van der Waals surface area contributed by atoms with E-state index in [0.29, 0.717) is 12.2 Å². The Labute approximate surface area is 276 Å². The third-order valence-electron chi connectivity index (χ3n) is 10.4. The molecular formula is C36H43N3O7S. The molecule has 1 N–H and O–H groups in total. The van der Waals surface area contributed by atoms with Gasteiger partial charge in [-0.05, 0) is 69.4 Å². The summed E-state index contributed by atoms with van der Waals surface area (Å²) < 4.78 is 50.6. The van der Waals surface area contributed by atoms with Gasteiger partial charge in [-0.1, -0.05) is 31.0 Å². The number of carboxylic acid groups (broad SMARTS) is 1. The number of anilines is 1. The van der Waals surface area contributed by atoms with Gasteiger partial charge in [0.15, 0.2) is 11.0 Å². The highest BCUT2D eigenvalue weighted by molar-refractivity contribution is 7.85. The van der Waals surface area contributed by atoms with Crippen molar-refractivity contribution < 1.29 is 36.9 Å². The second kappa shape index (κ2) is 12.4. The Kier molecular flexibility index (Phi) is 8.42. The van der Waals surface area contributed by atoms with Gasteiger partial charge in [-0.2, -0.15) is 0 Å². The highest BCUT2D eigenvalue weighted by atomic mass is 32.2. The molecule has 0 bridgehead atoms. The first-order valence-corrected chi connectivity index (χ1v) is 18.5. The molecule has 3 aromatic rings. The molecule has 0 spiro atoms. The number of hydrogen-bond donors (Lipinski definition) is 1. The molecule has 11 heteroatoms. The van der Waals surface area contributed by atoms with E-state index in [1.54, 1.807) is 0 Å². The number of benzene rings is 2. The lowest BCUT2D eigenvalue weighted by Gasteiger charge is -2.42. The SMILES string of the molecule is CCn1c2[n+](c3ccc(OCCCS(=O)(=O)[O-])cc31)CCC1OC3CCN4C(=C3C=C21)C(C)(CCCCCC(=O)O)c1ccccc14. The minimum absolute atomic E-state index is 0.00123. The molecule has 0 saturated carbocycles. The molecule has 47 heavy (non-hydrogen) atoms. The fourth-order valence-corrected chi connectivity index (χ4v) is 8.85. The van der Waals surface area contributed by atoms with Crippen molar-refractivity contribution in [1.29, 1.82) is 0 Å². The molecule has 4 aliphatic heterocycles. The van der Waals surface area contributed by atoms with E-state index in [9.17, 15) is 17.8 Å². The zero-order valence-corrected chi connectivity index (χ0v) is 27.9. The monoisotopic (exact) mass is 661 g/mol. The minimum Gasteiger partial charge on any atom is -0.748 e. The van der Waals surface area contributed by atoms with E-state index in [1.165, 1.54) is 28.1 Å². The molecule has 0 saturated heterocycles. The predicted molar refractivity (Wildman–Crippen MR) is 177 cm³/mol. The lowest BCUT2D eigenvalue weighted by Crippen LogP contribution is -2.49. The Bertz CT molecular complexity index is 1900. The van der Waals surface area contributed by atoms with Crippen LogP contribution in [0.25, 0.3) is 16.6 Å². The van der Waals surface area contributed by atoms with Crippen LogP contribution in [-0.2, 0) is 38.2 Å². The predicted octanol–water partition coefficient (Wildman–Crippen LogP) is 5.29. The Morgan fingerprint density at radius 3 is 2.74 bits per heavy atom. The van der Waals surface area contributed by atoms with E-state index in [0.717, 1.165) is 68.6 Å². The number of carboxylic acids is 1. The van der Waals surface area contributed by atoms with Crippen molar-refractivity contribution in [3.63, 3.8) is 0 Å². The van der Waals surface area contributed by atoms with Crippen LogP contribution in [0.15, 0.2) is 59.8 Å². The smallest absolute Gasteiger partial charge is 0.303 e. The molecule has 0 amide bonds. The van der Waals surface area contributed by atoms with Crippen LogP contribution in [0.1, 0.15) is 76.6 Å². The van der Waals surface area contributed by atoms with E-state index in [2.05, 4.69) is 64.3 Å². The third kappa shape index (κ3) is 5.76. The van der Waals surface area contributed by atoms with Crippen molar-refractivity contribution in [2.45, 2.75) is 95.9 Å². The zero-order chi connectivity index (χ0) is 32.9. The van der Waals surface area contributed by atoms with E-state index in [-0.39, 0.29) is 37.1 Å². The molecular weight excluding hydrogens is 618 g/mol. The van der Waals surface area contributed by atoms with Gasteiger partial charge in [0.05, 0.1) is 47.6 Å². The first-order chi connectivity index (χ1) is 22.6. The number of aliphatic carboxylic acids is 1. The summed E-state index contributed by atoms with van der Waals surface area (Å²) in [5.74, 6) is 0.612. The summed E-state index contributed by atoms with van der Waals surface area (Å²) in [7, 11) is -4.27. The first kappa shape index (κ1) is 31.9. The molecule has 2 aromatic carbocycles. The number of nitrogens with zero attached hydrogens (tertiary/aromatic N) is 3. The number of rotatable bonds is 12. The highest BCUT2D eigenvalue weighted by Crippen LogP contribution is 2.55. The average Bonchev–Trinajstić information content (AvgIpc) is 3.50. The van der Waals surface area contributed by atoms with Gasteiger partial charge >= 0.3 is 5.97 Å². The Hall–Kier alpha value is -3.67. The summed E-state index contributed by atoms with van der Waals surface area (Å²) in [6, 6.07) is 14.7. The fraction of sp³-hybridized carbons (Fsp3) is 0.500.